The zero-order valence-corrected chi connectivity index (χ0v) is 19.4. The largest absolute Gasteiger partial charge is 0.457 e. The zero-order valence-electron chi connectivity index (χ0n) is 18.5. The molecule has 0 bridgehead atoms. The van der Waals surface area contributed by atoms with Gasteiger partial charge in [-0.15, -0.1) is 21.5 Å². The van der Waals surface area contributed by atoms with Gasteiger partial charge in [0.05, 0.1) is 17.0 Å². The lowest BCUT2D eigenvalue weighted by molar-refractivity contribution is -0.135. The molecule has 0 N–H and O–H groups in total. The van der Waals surface area contributed by atoms with E-state index in [4.69, 9.17) is 13.9 Å². The van der Waals surface area contributed by atoms with Gasteiger partial charge in [0.25, 0.3) is 11.8 Å². The highest BCUT2D eigenvalue weighted by atomic mass is 32.1. The maximum Gasteiger partial charge on any atom is 0.338 e. The lowest BCUT2D eigenvalue weighted by atomic mass is 10.2. The number of esters is 1. The third-order valence-electron chi connectivity index (χ3n) is 4.75. The van der Waals surface area contributed by atoms with Crippen LogP contribution in [0.1, 0.15) is 29.6 Å². The molecule has 0 radical (unpaired) electrons. The number of ether oxygens (including phenoxy) is 2. The highest BCUT2D eigenvalue weighted by Gasteiger charge is 2.20. The minimum absolute atomic E-state index is 0.142. The number of thiophene rings is 1. The summed E-state index contributed by atoms with van der Waals surface area (Å²) in [7, 11) is 0. The van der Waals surface area contributed by atoms with Gasteiger partial charge in [0.1, 0.15) is 11.5 Å². The van der Waals surface area contributed by atoms with Crippen molar-refractivity contribution in [1.29, 1.82) is 0 Å². The van der Waals surface area contributed by atoms with Crippen LogP contribution in [0.3, 0.4) is 0 Å². The second kappa shape index (κ2) is 11.2. The molecule has 4 aromatic rings. The van der Waals surface area contributed by atoms with E-state index in [0.717, 1.165) is 11.3 Å². The molecule has 0 unspecified atom stereocenters. The number of carbonyl (C=O) groups is 2. The van der Waals surface area contributed by atoms with Crippen LogP contribution in [0.15, 0.2) is 76.5 Å². The van der Waals surface area contributed by atoms with Crippen LogP contribution in [-0.4, -0.2) is 40.1 Å². The zero-order chi connectivity index (χ0) is 23.8. The maximum absolute atomic E-state index is 12.8. The second-order valence-corrected chi connectivity index (χ2v) is 8.26. The van der Waals surface area contributed by atoms with Crippen LogP contribution in [0, 0.1) is 0 Å². The summed E-state index contributed by atoms with van der Waals surface area (Å²) >= 11 is 1.49. The third-order valence-corrected chi connectivity index (χ3v) is 5.60. The van der Waals surface area contributed by atoms with Crippen molar-refractivity contribution in [2.45, 2.75) is 19.9 Å². The average Bonchev–Trinajstić information content (AvgIpc) is 3.55. The van der Waals surface area contributed by atoms with Crippen molar-refractivity contribution in [3.8, 4) is 22.3 Å². The number of para-hydroxylation sites is 1. The molecule has 8 nitrogen and oxygen atoms in total. The van der Waals surface area contributed by atoms with Gasteiger partial charge in [-0.2, -0.15) is 0 Å². The quantitative estimate of drug-likeness (QED) is 0.290. The number of aromatic nitrogens is 2. The lowest BCUT2D eigenvalue weighted by Gasteiger charge is -2.20. The second-order valence-electron chi connectivity index (χ2n) is 7.31. The Balaban J connectivity index is 1.34. The predicted octanol–water partition coefficient (Wildman–Crippen LogP) is 5.19. The topological polar surface area (TPSA) is 94.8 Å². The van der Waals surface area contributed by atoms with Crippen LogP contribution in [0.25, 0.3) is 10.8 Å². The summed E-state index contributed by atoms with van der Waals surface area (Å²) in [6.07, 6.45) is 0.727. The summed E-state index contributed by atoms with van der Waals surface area (Å²) in [6, 6.07) is 19.7. The Kier molecular flexibility index (Phi) is 7.67. The smallest absolute Gasteiger partial charge is 0.338 e. The van der Waals surface area contributed by atoms with Gasteiger partial charge in [-0.1, -0.05) is 37.3 Å². The summed E-state index contributed by atoms with van der Waals surface area (Å²) in [5.74, 6) is 0.934. The predicted molar refractivity (Wildman–Crippen MR) is 127 cm³/mol. The van der Waals surface area contributed by atoms with E-state index in [1.165, 1.54) is 16.2 Å². The molecule has 0 fully saturated rings. The first-order valence-corrected chi connectivity index (χ1v) is 11.6. The van der Waals surface area contributed by atoms with E-state index in [9.17, 15) is 9.59 Å². The monoisotopic (exact) mass is 477 g/mol. The molecule has 0 saturated carbocycles. The van der Waals surface area contributed by atoms with Crippen LogP contribution in [0.2, 0.25) is 0 Å². The van der Waals surface area contributed by atoms with Gasteiger partial charge in [0.15, 0.2) is 6.61 Å². The fourth-order valence-electron chi connectivity index (χ4n) is 3.16. The minimum Gasteiger partial charge on any atom is -0.457 e. The van der Waals surface area contributed by atoms with E-state index in [-0.39, 0.29) is 12.5 Å². The highest BCUT2D eigenvalue weighted by molar-refractivity contribution is 7.13. The number of nitrogens with zero attached hydrogens (tertiary/aromatic N) is 3. The molecule has 9 heteroatoms. The van der Waals surface area contributed by atoms with Crippen LogP contribution in [-0.2, 0) is 16.1 Å². The van der Waals surface area contributed by atoms with E-state index in [1.54, 1.807) is 24.3 Å². The number of carbonyl (C=O) groups excluding carboxylic acids is 2. The summed E-state index contributed by atoms with van der Waals surface area (Å²) in [6.45, 7) is 2.17. The van der Waals surface area contributed by atoms with E-state index >= 15 is 0 Å². The van der Waals surface area contributed by atoms with E-state index < -0.39 is 12.6 Å². The first-order chi connectivity index (χ1) is 16.6. The molecule has 0 aliphatic rings. The molecule has 0 aliphatic carbocycles. The molecule has 0 saturated heterocycles. The molecule has 4 rings (SSSR count). The number of amides is 1. The molecule has 0 atom stereocenters. The van der Waals surface area contributed by atoms with Crippen LogP contribution < -0.4 is 4.74 Å². The Labute approximate surface area is 200 Å². The number of hydrogen-bond acceptors (Lipinski definition) is 8. The van der Waals surface area contributed by atoms with Gasteiger partial charge in [0.2, 0.25) is 5.89 Å². The normalized spacial score (nSPS) is 10.6. The van der Waals surface area contributed by atoms with Crippen molar-refractivity contribution < 1.29 is 23.5 Å². The molecule has 1 amide bonds. The molecular formula is C25H23N3O5S. The Morgan fingerprint density at radius 1 is 1.00 bits per heavy atom. The van der Waals surface area contributed by atoms with Gasteiger partial charge < -0.3 is 18.8 Å². The fraction of sp³-hybridized carbons (Fsp3) is 0.200. The van der Waals surface area contributed by atoms with E-state index in [1.807, 2.05) is 54.8 Å². The van der Waals surface area contributed by atoms with Crippen LogP contribution >= 0.6 is 11.3 Å². The van der Waals surface area contributed by atoms with Crippen molar-refractivity contribution in [3.05, 3.63) is 83.6 Å². The minimum atomic E-state index is -0.610. The van der Waals surface area contributed by atoms with Gasteiger partial charge in [0, 0.05) is 6.54 Å². The third kappa shape index (κ3) is 6.08. The summed E-state index contributed by atoms with van der Waals surface area (Å²) in [5.41, 5.74) is 0.292. The highest BCUT2D eigenvalue weighted by Crippen LogP contribution is 2.24. The first-order valence-electron chi connectivity index (χ1n) is 10.8. The molecular weight excluding hydrogens is 454 g/mol. The molecule has 0 spiro atoms. The summed E-state index contributed by atoms with van der Waals surface area (Å²) in [5, 5.41) is 10.0. The Hall–Kier alpha value is -3.98. The Morgan fingerprint density at radius 2 is 1.82 bits per heavy atom. The van der Waals surface area contributed by atoms with Crippen molar-refractivity contribution >= 4 is 23.2 Å². The molecule has 2 aromatic heterocycles. The van der Waals surface area contributed by atoms with E-state index in [0.29, 0.717) is 35.4 Å². The van der Waals surface area contributed by atoms with Crippen LogP contribution in [0.4, 0.5) is 0 Å². The molecule has 2 heterocycles. The number of benzene rings is 2. The van der Waals surface area contributed by atoms with Gasteiger partial charge in [-0.3, -0.25) is 4.79 Å². The van der Waals surface area contributed by atoms with Gasteiger partial charge >= 0.3 is 5.97 Å². The first kappa shape index (κ1) is 23.2. The van der Waals surface area contributed by atoms with Crippen LogP contribution in [0.5, 0.6) is 11.5 Å². The standard InChI is InChI=1S/C25H23N3O5S/c1-2-13-28(16-22-26-27-24(33-22)21-12-7-14-34-21)23(29)17-31-25(30)18-8-6-11-20(15-18)32-19-9-4-3-5-10-19/h3-12,14-15H,2,13,16-17H2,1H3. The average molecular weight is 478 g/mol. The molecule has 34 heavy (non-hydrogen) atoms. The SMILES string of the molecule is CCCN(Cc1nnc(-c2cccs2)o1)C(=O)COC(=O)c1cccc(Oc2ccccc2)c1. The molecule has 174 valence electrons. The van der Waals surface area contributed by atoms with Crippen molar-refractivity contribution in [2.75, 3.05) is 13.2 Å². The fourth-order valence-corrected chi connectivity index (χ4v) is 3.80. The lowest BCUT2D eigenvalue weighted by Crippen LogP contribution is -2.35. The van der Waals surface area contributed by atoms with Crippen molar-refractivity contribution in [3.63, 3.8) is 0 Å². The summed E-state index contributed by atoms with van der Waals surface area (Å²) in [4.78, 5) is 27.7. The molecule has 0 aliphatic heterocycles. The van der Waals surface area contributed by atoms with Gasteiger partial charge in [-0.05, 0) is 48.2 Å². The number of hydrogen-bond donors (Lipinski definition) is 0. The maximum atomic E-state index is 12.8. The van der Waals surface area contributed by atoms with Crippen molar-refractivity contribution in [1.82, 2.24) is 15.1 Å². The van der Waals surface area contributed by atoms with Gasteiger partial charge in [-0.25, -0.2) is 4.79 Å². The Morgan fingerprint density at radius 3 is 2.59 bits per heavy atom. The Bertz CT molecular complexity index is 1220. The van der Waals surface area contributed by atoms with E-state index in [2.05, 4.69) is 10.2 Å². The molecule has 2 aromatic carbocycles. The summed E-state index contributed by atoms with van der Waals surface area (Å²) < 4.78 is 16.7. The number of rotatable bonds is 10. The van der Waals surface area contributed by atoms with Crippen molar-refractivity contribution in [2.24, 2.45) is 0 Å².